The van der Waals surface area contributed by atoms with Crippen molar-refractivity contribution in [3.63, 3.8) is 0 Å². The summed E-state index contributed by atoms with van der Waals surface area (Å²) in [4.78, 5) is 31.5. The Morgan fingerprint density at radius 2 is 1.97 bits per heavy atom. The number of morpholine rings is 1. The van der Waals surface area contributed by atoms with Gasteiger partial charge in [0.25, 0.3) is 0 Å². The molecule has 9 heteroatoms. The Bertz CT molecular complexity index is 818. The number of rotatable bonds is 6. The van der Waals surface area contributed by atoms with E-state index < -0.39 is 0 Å². The van der Waals surface area contributed by atoms with E-state index in [1.807, 2.05) is 11.0 Å². The van der Waals surface area contributed by atoms with Gasteiger partial charge < -0.3 is 20.3 Å². The van der Waals surface area contributed by atoms with Crippen molar-refractivity contribution < 1.29 is 14.3 Å². The molecule has 0 aliphatic carbocycles. The maximum atomic E-state index is 12.5. The molecule has 2 aliphatic rings. The summed E-state index contributed by atoms with van der Waals surface area (Å²) in [6.07, 6.45) is 0.896. The van der Waals surface area contributed by atoms with Crippen LogP contribution >= 0.6 is 22.7 Å². The zero-order valence-electron chi connectivity index (χ0n) is 16.3. The molecule has 4 heterocycles. The summed E-state index contributed by atoms with van der Waals surface area (Å²) in [5.74, 6) is -0.0417. The molecule has 2 aliphatic heterocycles. The Morgan fingerprint density at radius 3 is 2.76 bits per heavy atom. The van der Waals surface area contributed by atoms with Gasteiger partial charge >= 0.3 is 6.03 Å². The molecular weight excluding hydrogens is 408 g/mol. The molecule has 156 valence electrons. The van der Waals surface area contributed by atoms with Crippen LogP contribution in [0.1, 0.15) is 21.4 Å². The molecule has 0 spiro atoms. The smallest absolute Gasteiger partial charge is 0.315 e. The summed E-state index contributed by atoms with van der Waals surface area (Å²) in [6.45, 7) is 5.00. The molecule has 2 aromatic heterocycles. The van der Waals surface area contributed by atoms with Gasteiger partial charge in [-0.05, 0) is 34.9 Å². The predicted molar refractivity (Wildman–Crippen MR) is 114 cm³/mol. The van der Waals surface area contributed by atoms with Gasteiger partial charge in [-0.1, -0.05) is 6.07 Å². The first-order chi connectivity index (χ1) is 14.2. The van der Waals surface area contributed by atoms with Crippen LogP contribution in [0, 0.1) is 0 Å². The average Bonchev–Trinajstić information content (AvgIpc) is 3.44. The Morgan fingerprint density at radius 1 is 1.10 bits per heavy atom. The summed E-state index contributed by atoms with van der Waals surface area (Å²) in [5, 5.41) is 9.79. The molecule has 1 fully saturated rings. The van der Waals surface area contributed by atoms with Gasteiger partial charge in [0.15, 0.2) is 0 Å². The van der Waals surface area contributed by atoms with Gasteiger partial charge in [0.2, 0.25) is 5.91 Å². The van der Waals surface area contributed by atoms with E-state index in [0.29, 0.717) is 32.8 Å². The molecule has 0 radical (unpaired) electrons. The maximum Gasteiger partial charge on any atom is 0.315 e. The van der Waals surface area contributed by atoms with Gasteiger partial charge in [0.1, 0.15) is 0 Å². The highest BCUT2D eigenvalue weighted by Gasteiger charge is 2.25. The molecule has 2 N–H and O–H groups in total. The molecule has 1 atom stereocenters. The van der Waals surface area contributed by atoms with Crippen molar-refractivity contribution in [1.29, 1.82) is 0 Å². The largest absolute Gasteiger partial charge is 0.379 e. The summed E-state index contributed by atoms with van der Waals surface area (Å²) < 4.78 is 5.45. The van der Waals surface area contributed by atoms with E-state index in [0.717, 1.165) is 19.5 Å². The highest BCUT2D eigenvalue weighted by Crippen LogP contribution is 2.25. The van der Waals surface area contributed by atoms with Crippen molar-refractivity contribution >= 4 is 34.6 Å². The van der Waals surface area contributed by atoms with Gasteiger partial charge in [-0.15, -0.1) is 22.7 Å². The molecule has 1 saturated heterocycles. The van der Waals surface area contributed by atoms with Crippen LogP contribution in [0.2, 0.25) is 0 Å². The zero-order chi connectivity index (χ0) is 20.1. The van der Waals surface area contributed by atoms with Crippen LogP contribution in [-0.2, 0) is 22.5 Å². The minimum atomic E-state index is -0.304. The first-order valence-electron chi connectivity index (χ1n) is 9.90. The van der Waals surface area contributed by atoms with E-state index in [1.165, 1.54) is 15.3 Å². The highest BCUT2D eigenvalue weighted by atomic mass is 32.1. The Hall–Kier alpha value is -1.94. The number of thiophene rings is 2. The van der Waals surface area contributed by atoms with E-state index in [9.17, 15) is 9.59 Å². The second-order valence-corrected chi connectivity index (χ2v) is 9.16. The molecule has 3 amide bonds. The summed E-state index contributed by atoms with van der Waals surface area (Å²) in [7, 11) is 0. The Balaban J connectivity index is 1.25. The van der Waals surface area contributed by atoms with Gasteiger partial charge in [0, 0.05) is 42.5 Å². The lowest BCUT2D eigenvalue weighted by atomic mass is 10.1. The third-order valence-electron chi connectivity index (χ3n) is 5.37. The third kappa shape index (κ3) is 5.16. The average molecular weight is 435 g/mol. The second kappa shape index (κ2) is 9.71. The lowest BCUT2D eigenvalue weighted by molar-refractivity contribution is -0.130. The second-order valence-electron chi connectivity index (χ2n) is 7.18. The SMILES string of the molecule is O=C(NCC(=O)N1CCc2sccc2C1)NCC(c1cccs1)N1CCOCC1. The first-order valence-corrected chi connectivity index (χ1v) is 11.7. The molecule has 0 bridgehead atoms. The molecule has 1 unspecified atom stereocenters. The van der Waals surface area contributed by atoms with Crippen molar-refractivity contribution in [1.82, 2.24) is 20.4 Å². The van der Waals surface area contributed by atoms with Crippen LogP contribution in [0.15, 0.2) is 29.0 Å². The first kappa shape index (κ1) is 20.3. The van der Waals surface area contributed by atoms with Gasteiger partial charge in [-0.25, -0.2) is 4.79 Å². The summed E-state index contributed by atoms with van der Waals surface area (Å²) in [5.41, 5.74) is 1.23. The monoisotopic (exact) mass is 434 g/mol. The van der Waals surface area contributed by atoms with E-state index in [-0.39, 0.29) is 24.5 Å². The standard InChI is InChI=1S/C20H26N4O3S2/c25-19(24-5-3-17-15(14-24)4-11-29-17)13-22-20(26)21-12-16(18-2-1-10-28-18)23-6-8-27-9-7-23/h1-2,4,10-11,16H,3,5-9,12-14H2,(H2,21,22,26). The topological polar surface area (TPSA) is 73.9 Å². The van der Waals surface area contributed by atoms with Crippen LogP contribution in [0.5, 0.6) is 0 Å². The fraction of sp³-hybridized carbons (Fsp3) is 0.500. The lowest BCUT2D eigenvalue weighted by Gasteiger charge is -2.34. The molecule has 0 saturated carbocycles. The van der Waals surface area contributed by atoms with Crippen molar-refractivity contribution in [2.75, 3.05) is 45.9 Å². The molecule has 29 heavy (non-hydrogen) atoms. The van der Waals surface area contributed by atoms with Crippen LogP contribution < -0.4 is 10.6 Å². The third-order valence-corrected chi connectivity index (χ3v) is 7.37. The number of carbonyl (C=O) groups excluding carboxylic acids is 2. The highest BCUT2D eigenvalue weighted by molar-refractivity contribution is 7.10. The number of amides is 3. The number of nitrogens with zero attached hydrogens (tertiary/aromatic N) is 2. The van der Waals surface area contributed by atoms with Gasteiger partial charge in [-0.2, -0.15) is 0 Å². The molecule has 0 aromatic carbocycles. The Kier molecular flexibility index (Phi) is 6.81. The van der Waals surface area contributed by atoms with E-state index in [2.05, 4.69) is 38.4 Å². The van der Waals surface area contributed by atoms with Crippen molar-refractivity contribution in [2.24, 2.45) is 0 Å². The fourth-order valence-corrected chi connectivity index (χ4v) is 5.51. The molecule has 4 rings (SSSR count). The minimum absolute atomic E-state index is 0.0204. The van der Waals surface area contributed by atoms with Crippen molar-refractivity contribution in [3.8, 4) is 0 Å². The number of ether oxygens (including phenoxy) is 1. The summed E-state index contributed by atoms with van der Waals surface area (Å²) >= 11 is 3.44. The van der Waals surface area contributed by atoms with Gasteiger partial charge in [-0.3, -0.25) is 9.69 Å². The molecule has 7 nitrogen and oxygen atoms in total. The van der Waals surface area contributed by atoms with Gasteiger partial charge in [0.05, 0.1) is 25.8 Å². The van der Waals surface area contributed by atoms with Crippen LogP contribution in [0.25, 0.3) is 0 Å². The zero-order valence-corrected chi connectivity index (χ0v) is 17.9. The number of hydrogen-bond acceptors (Lipinski definition) is 6. The number of fused-ring (bicyclic) bond motifs is 1. The minimum Gasteiger partial charge on any atom is -0.379 e. The predicted octanol–water partition coefficient (Wildman–Crippen LogP) is 2.07. The number of carbonyl (C=O) groups is 2. The van der Waals surface area contributed by atoms with E-state index in [4.69, 9.17) is 4.74 Å². The normalized spacial score (nSPS) is 18.1. The number of nitrogens with one attached hydrogen (secondary N) is 2. The van der Waals surface area contributed by atoms with Crippen LogP contribution in [0.4, 0.5) is 4.79 Å². The van der Waals surface area contributed by atoms with Crippen LogP contribution in [-0.4, -0.2) is 67.7 Å². The van der Waals surface area contributed by atoms with Crippen LogP contribution in [0.3, 0.4) is 0 Å². The number of urea groups is 1. The van der Waals surface area contributed by atoms with E-state index in [1.54, 1.807) is 22.7 Å². The fourth-order valence-electron chi connectivity index (χ4n) is 3.76. The van der Waals surface area contributed by atoms with Crippen molar-refractivity contribution in [3.05, 3.63) is 44.3 Å². The maximum absolute atomic E-state index is 12.5. The Labute approximate surface area is 178 Å². The van der Waals surface area contributed by atoms with E-state index >= 15 is 0 Å². The lowest BCUT2D eigenvalue weighted by Crippen LogP contribution is -2.48. The molecular formula is C20H26N4O3S2. The summed E-state index contributed by atoms with van der Waals surface area (Å²) in [6, 6.07) is 6.03. The number of hydrogen-bond donors (Lipinski definition) is 2. The quantitative estimate of drug-likeness (QED) is 0.730. The molecule has 2 aromatic rings. The van der Waals surface area contributed by atoms with Crippen molar-refractivity contribution in [2.45, 2.75) is 19.0 Å².